The minimum absolute atomic E-state index is 0.0318. The fourth-order valence-corrected chi connectivity index (χ4v) is 3.06. The Hall–Kier alpha value is -2.82. The van der Waals surface area contributed by atoms with Gasteiger partial charge in [0, 0.05) is 19.2 Å². The maximum Gasteiger partial charge on any atom is 0.243 e. The third-order valence-corrected chi connectivity index (χ3v) is 4.87. The fourth-order valence-electron chi connectivity index (χ4n) is 3.06. The van der Waals surface area contributed by atoms with Gasteiger partial charge in [0.15, 0.2) is 0 Å². The number of rotatable bonds is 10. The van der Waals surface area contributed by atoms with E-state index in [1.165, 1.54) is 10.5 Å². The Balaban J connectivity index is 1.69. The van der Waals surface area contributed by atoms with Crippen LogP contribution in [0.3, 0.4) is 0 Å². The van der Waals surface area contributed by atoms with Gasteiger partial charge in [-0.3, -0.25) is 9.59 Å². The molecule has 0 aliphatic rings. The molecule has 156 valence electrons. The highest BCUT2D eigenvalue weighted by Crippen LogP contribution is 2.19. The van der Waals surface area contributed by atoms with Crippen molar-refractivity contribution < 1.29 is 14.3 Å². The number of likely N-dealkylation sites (N-methyl/N-ethyl adjacent to an activating group) is 1. The Morgan fingerprint density at radius 3 is 2.59 bits per heavy atom. The van der Waals surface area contributed by atoms with Crippen LogP contribution < -0.4 is 10.1 Å². The lowest BCUT2D eigenvalue weighted by Gasteiger charge is -2.17. The van der Waals surface area contributed by atoms with Crippen LogP contribution in [-0.2, 0) is 16.0 Å². The number of benzene rings is 2. The maximum atomic E-state index is 12.3. The number of carbonyl (C=O) groups is 2. The second kappa shape index (κ2) is 11.2. The summed E-state index contributed by atoms with van der Waals surface area (Å²) in [4.78, 5) is 26.0. The zero-order valence-corrected chi connectivity index (χ0v) is 18.0. The Labute approximate surface area is 174 Å². The van der Waals surface area contributed by atoms with Crippen LogP contribution in [0.5, 0.6) is 5.75 Å². The topological polar surface area (TPSA) is 58.6 Å². The molecule has 5 nitrogen and oxygen atoms in total. The normalized spacial score (nSPS) is 10.5. The summed E-state index contributed by atoms with van der Waals surface area (Å²) in [5.41, 5.74) is 4.17. The lowest BCUT2D eigenvalue weighted by Crippen LogP contribution is -2.35. The van der Waals surface area contributed by atoms with Crippen molar-refractivity contribution in [3.05, 3.63) is 59.2 Å². The van der Waals surface area contributed by atoms with Gasteiger partial charge in [-0.2, -0.15) is 0 Å². The van der Waals surface area contributed by atoms with Crippen LogP contribution in [0, 0.1) is 13.8 Å². The molecular weight excluding hydrogens is 364 g/mol. The molecule has 0 saturated heterocycles. The number of nitrogens with one attached hydrogen (secondary N) is 1. The standard InChI is InChI=1S/C24H32N2O3/c1-5-20-10-6-7-11-21(20)25-23(27)17-26(4)24(28)12-8-9-15-29-22-16-18(2)13-14-19(22)3/h6-7,10-11,13-14,16H,5,8-9,12,15,17H2,1-4H3,(H,25,27). The van der Waals surface area contributed by atoms with Gasteiger partial charge in [0.25, 0.3) is 0 Å². The van der Waals surface area contributed by atoms with Gasteiger partial charge in [0.1, 0.15) is 5.75 Å². The van der Waals surface area contributed by atoms with E-state index in [1.807, 2.05) is 57.2 Å². The van der Waals surface area contributed by atoms with Crippen molar-refractivity contribution in [2.75, 3.05) is 25.5 Å². The van der Waals surface area contributed by atoms with E-state index in [0.717, 1.165) is 41.8 Å². The third kappa shape index (κ3) is 7.26. The van der Waals surface area contributed by atoms with Crippen LogP contribution in [0.4, 0.5) is 5.69 Å². The summed E-state index contributed by atoms with van der Waals surface area (Å²) in [5.74, 6) is 0.688. The number of aryl methyl sites for hydroxylation is 3. The Morgan fingerprint density at radius 1 is 1.07 bits per heavy atom. The molecule has 0 heterocycles. The second-order valence-corrected chi connectivity index (χ2v) is 7.38. The van der Waals surface area contributed by atoms with Crippen LogP contribution in [0.2, 0.25) is 0 Å². The number of carbonyl (C=O) groups excluding carboxylic acids is 2. The van der Waals surface area contributed by atoms with E-state index in [9.17, 15) is 9.59 Å². The number of hydrogen-bond acceptors (Lipinski definition) is 3. The van der Waals surface area contributed by atoms with Crippen molar-refractivity contribution in [2.45, 2.75) is 46.5 Å². The van der Waals surface area contributed by atoms with E-state index >= 15 is 0 Å². The Kier molecular flexibility index (Phi) is 8.71. The molecule has 0 radical (unpaired) electrons. The molecule has 2 rings (SSSR count). The number of unbranched alkanes of at least 4 members (excludes halogenated alkanes) is 1. The first-order chi connectivity index (χ1) is 13.9. The number of amides is 2. The van der Waals surface area contributed by atoms with Crippen LogP contribution in [0.1, 0.15) is 42.9 Å². The SMILES string of the molecule is CCc1ccccc1NC(=O)CN(C)C(=O)CCCCOc1cc(C)ccc1C. The summed E-state index contributed by atoms with van der Waals surface area (Å²) < 4.78 is 5.82. The summed E-state index contributed by atoms with van der Waals surface area (Å²) in [6.07, 6.45) is 2.78. The largest absolute Gasteiger partial charge is 0.493 e. The molecular formula is C24H32N2O3. The van der Waals surface area contributed by atoms with Crippen molar-refractivity contribution in [1.82, 2.24) is 4.90 Å². The molecule has 0 saturated carbocycles. The fraction of sp³-hybridized carbons (Fsp3) is 0.417. The van der Waals surface area contributed by atoms with E-state index in [4.69, 9.17) is 4.74 Å². The van der Waals surface area contributed by atoms with Crippen molar-refractivity contribution in [1.29, 1.82) is 0 Å². The zero-order valence-electron chi connectivity index (χ0n) is 18.0. The van der Waals surface area contributed by atoms with Gasteiger partial charge < -0.3 is 15.0 Å². The van der Waals surface area contributed by atoms with Crippen molar-refractivity contribution in [3.8, 4) is 5.75 Å². The minimum atomic E-state index is -0.181. The first kappa shape index (κ1) is 22.5. The van der Waals surface area contributed by atoms with E-state index in [-0.39, 0.29) is 18.4 Å². The maximum absolute atomic E-state index is 12.3. The summed E-state index contributed by atoms with van der Waals surface area (Å²) in [5, 5.41) is 2.90. The van der Waals surface area contributed by atoms with Crippen molar-refractivity contribution in [3.63, 3.8) is 0 Å². The van der Waals surface area contributed by atoms with Gasteiger partial charge in [-0.15, -0.1) is 0 Å². The quantitative estimate of drug-likeness (QED) is 0.601. The molecule has 2 aromatic carbocycles. The molecule has 0 aliphatic carbocycles. The van der Waals surface area contributed by atoms with Gasteiger partial charge >= 0.3 is 0 Å². The van der Waals surface area contributed by atoms with E-state index in [0.29, 0.717) is 13.0 Å². The van der Waals surface area contributed by atoms with Crippen LogP contribution in [0.25, 0.3) is 0 Å². The average Bonchev–Trinajstić information content (AvgIpc) is 2.70. The highest BCUT2D eigenvalue weighted by molar-refractivity contribution is 5.95. The number of para-hydroxylation sites is 1. The minimum Gasteiger partial charge on any atom is -0.493 e. The van der Waals surface area contributed by atoms with Crippen molar-refractivity contribution in [2.24, 2.45) is 0 Å². The lowest BCUT2D eigenvalue weighted by atomic mass is 10.1. The molecule has 0 spiro atoms. The summed E-state index contributed by atoms with van der Waals surface area (Å²) in [7, 11) is 1.67. The highest BCUT2D eigenvalue weighted by atomic mass is 16.5. The summed E-state index contributed by atoms with van der Waals surface area (Å²) in [6.45, 7) is 6.74. The van der Waals surface area contributed by atoms with E-state index in [2.05, 4.69) is 11.4 Å². The van der Waals surface area contributed by atoms with Gasteiger partial charge in [-0.25, -0.2) is 0 Å². The zero-order chi connectivity index (χ0) is 21.2. The van der Waals surface area contributed by atoms with Gasteiger partial charge in [0.2, 0.25) is 11.8 Å². The predicted molar refractivity (Wildman–Crippen MR) is 117 cm³/mol. The molecule has 0 bridgehead atoms. The molecule has 2 aromatic rings. The number of nitrogens with zero attached hydrogens (tertiary/aromatic N) is 1. The summed E-state index contributed by atoms with van der Waals surface area (Å²) >= 11 is 0. The molecule has 5 heteroatoms. The van der Waals surface area contributed by atoms with E-state index < -0.39 is 0 Å². The Bertz CT molecular complexity index is 833. The number of hydrogen-bond donors (Lipinski definition) is 1. The lowest BCUT2D eigenvalue weighted by molar-refractivity contribution is -0.133. The summed E-state index contributed by atoms with van der Waals surface area (Å²) in [6, 6.07) is 13.9. The molecule has 0 aromatic heterocycles. The van der Waals surface area contributed by atoms with Gasteiger partial charge in [-0.05, 0) is 61.9 Å². The molecule has 0 unspecified atom stereocenters. The predicted octanol–water partition coefficient (Wildman–Crippen LogP) is 4.51. The monoisotopic (exact) mass is 396 g/mol. The second-order valence-electron chi connectivity index (χ2n) is 7.38. The van der Waals surface area contributed by atoms with Crippen molar-refractivity contribution >= 4 is 17.5 Å². The third-order valence-electron chi connectivity index (χ3n) is 4.87. The smallest absolute Gasteiger partial charge is 0.243 e. The molecule has 1 N–H and O–H groups in total. The molecule has 29 heavy (non-hydrogen) atoms. The van der Waals surface area contributed by atoms with Gasteiger partial charge in [-0.1, -0.05) is 37.3 Å². The van der Waals surface area contributed by atoms with Crippen LogP contribution in [-0.4, -0.2) is 36.9 Å². The first-order valence-corrected chi connectivity index (χ1v) is 10.2. The highest BCUT2D eigenvalue weighted by Gasteiger charge is 2.13. The Morgan fingerprint density at radius 2 is 1.83 bits per heavy atom. The molecule has 0 aliphatic heterocycles. The van der Waals surface area contributed by atoms with Crippen LogP contribution >= 0.6 is 0 Å². The van der Waals surface area contributed by atoms with E-state index in [1.54, 1.807) is 7.05 Å². The van der Waals surface area contributed by atoms with Crippen LogP contribution in [0.15, 0.2) is 42.5 Å². The number of ether oxygens (including phenoxy) is 1. The molecule has 2 amide bonds. The molecule has 0 atom stereocenters. The number of anilines is 1. The van der Waals surface area contributed by atoms with Gasteiger partial charge in [0.05, 0.1) is 13.2 Å². The average molecular weight is 397 g/mol. The first-order valence-electron chi connectivity index (χ1n) is 10.2. The molecule has 0 fully saturated rings.